The van der Waals surface area contributed by atoms with Gasteiger partial charge in [-0.05, 0) is 60.9 Å². The second-order valence-corrected chi connectivity index (χ2v) is 10.7. The van der Waals surface area contributed by atoms with E-state index in [1.807, 2.05) is 18.2 Å². The molecule has 3 N–H and O–H groups in total. The highest BCUT2D eigenvalue weighted by molar-refractivity contribution is 5.94. The molecule has 2 aromatic heterocycles. The molecule has 1 saturated heterocycles. The number of aromatic nitrogens is 3. The number of nitrogens with zero attached hydrogens (tertiary/aromatic N) is 4. The molecule has 0 bridgehead atoms. The number of hydrogen-bond donors (Lipinski definition) is 3. The number of pyridine rings is 1. The van der Waals surface area contributed by atoms with Gasteiger partial charge in [-0.3, -0.25) is 14.6 Å². The third-order valence-electron chi connectivity index (χ3n) is 7.72. The number of halogens is 2. The quantitative estimate of drug-likeness (QED) is 0.233. The van der Waals surface area contributed by atoms with Crippen molar-refractivity contribution < 1.29 is 23.4 Å². The number of ether oxygens (including phenoxy) is 1. The van der Waals surface area contributed by atoms with Crippen molar-refractivity contribution in [3.63, 3.8) is 0 Å². The largest absolute Gasteiger partial charge is 0.394 e. The van der Waals surface area contributed by atoms with E-state index in [4.69, 9.17) is 9.72 Å². The van der Waals surface area contributed by atoms with Crippen LogP contribution in [0, 0.1) is 23.5 Å². The number of aliphatic hydroxyl groups excluding tert-OH is 1. The highest BCUT2D eigenvalue weighted by Gasteiger charge is 2.21. The van der Waals surface area contributed by atoms with Gasteiger partial charge in [-0.2, -0.15) is 0 Å². The molecular weight excluding hydrogens is 582 g/mol. The minimum absolute atomic E-state index is 0.0336. The number of piperidine rings is 1. The summed E-state index contributed by atoms with van der Waals surface area (Å²) in [6, 6.07) is 10.7. The number of amides is 1. The van der Waals surface area contributed by atoms with E-state index in [2.05, 4.69) is 32.4 Å². The highest BCUT2D eigenvalue weighted by Crippen LogP contribution is 2.20. The number of carbonyl (C=O) groups is 1. The fourth-order valence-corrected chi connectivity index (χ4v) is 5.26. The summed E-state index contributed by atoms with van der Waals surface area (Å²) in [4.78, 5) is 37.5. The van der Waals surface area contributed by atoms with Crippen LogP contribution in [0.1, 0.15) is 40.4 Å². The molecule has 1 aliphatic rings. The fourth-order valence-electron chi connectivity index (χ4n) is 5.26. The van der Waals surface area contributed by atoms with Crippen LogP contribution in [0.15, 0.2) is 65.7 Å². The lowest BCUT2D eigenvalue weighted by atomic mass is 10.1. The Morgan fingerprint density at radius 3 is 2.71 bits per heavy atom. The first-order valence-corrected chi connectivity index (χ1v) is 14.6. The maximum Gasteiger partial charge on any atom is 0.264 e. The number of anilines is 1. The molecule has 0 saturated carbocycles. The molecule has 234 valence electrons. The molecule has 0 unspecified atom stereocenters. The van der Waals surface area contributed by atoms with Crippen molar-refractivity contribution in [2.75, 3.05) is 51.8 Å². The summed E-state index contributed by atoms with van der Waals surface area (Å²) < 4.78 is 33.5. The lowest BCUT2D eigenvalue weighted by Gasteiger charge is -2.32. The second-order valence-electron chi connectivity index (χ2n) is 10.7. The monoisotopic (exact) mass is 616 g/mol. The van der Waals surface area contributed by atoms with E-state index in [1.54, 1.807) is 13.3 Å². The SMILES string of the molecule is COCCN1CCC(Nc2cnc3ccc(C#CCNC(=O)c4cccn([C@@H](CO)c5ccc(F)c(F)c5)c4=O)cc3n2)CC1. The van der Waals surface area contributed by atoms with Crippen molar-refractivity contribution in [1.82, 2.24) is 24.8 Å². The van der Waals surface area contributed by atoms with Gasteiger partial charge in [-0.1, -0.05) is 17.9 Å². The van der Waals surface area contributed by atoms with Crippen LogP contribution in [-0.4, -0.2) is 83.0 Å². The minimum atomic E-state index is -1.10. The van der Waals surface area contributed by atoms with E-state index in [0.717, 1.165) is 61.3 Å². The van der Waals surface area contributed by atoms with Gasteiger partial charge < -0.3 is 29.9 Å². The van der Waals surface area contributed by atoms with Crippen LogP contribution < -0.4 is 16.2 Å². The average molecular weight is 617 g/mol. The molecule has 0 aliphatic carbocycles. The Morgan fingerprint density at radius 1 is 1.13 bits per heavy atom. The van der Waals surface area contributed by atoms with Crippen LogP contribution in [0.2, 0.25) is 0 Å². The Kier molecular flexibility index (Phi) is 10.5. The van der Waals surface area contributed by atoms with E-state index in [1.165, 1.54) is 24.4 Å². The molecule has 12 heteroatoms. The van der Waals surface area contributed by atoms with Crippen molar-refractivity contribution >= 4 is 22.8 Å². The molecule has 45 heavy (non-hydrogen) atoms. The Hall–Kier alpha value is -4.70. The fraction of sp³-hybridized carbons (Fsp3) is 0.333. The molecule has 1 fully saturated rings. The first kappa shape index (κ1) is 31.7. The van der Waals surface area contributed by atoms with Crippen molar-refractivity contribution in [2.24, 2.45) is 0 Å². The van der Waals surface area contributed by atoms with Crippen LogP contribution >= 0.6 is 0 Å². The van der Waals surface area contributed by atoms with E-state index < -0.39 is 35.7 Å². The number of aliphatic hydroxyl groups is 1. The number of hydrogen-bond acceptors (Lipinski definition) is 8. The number of methoxy groups -OCH3 is 1. The van der Waals surface area contributed by atoms with Gasteiger partial charge in [0.2, 0.25) is 0 Å². The summed E-state index contributed by atoms with van der Waals surface area (Å²) in [5, 5.41) is 16.0. The molecule has 1 atom stereocenters. The smallest absolute Gasteiger partial charge is 0.264 e. The molecule has 2 aromatic carbocycles. The van der Waals surface area contributed by atoms with Crippen molar-refractivity contribution in [1.29, 1.82) is 0 Å². The summed E-state index contributed by atoms with van der Waals surface area (Å²) in [5.74, 6) is 3.78. The van der Waals surface area contributed by atoms with Crippen molar-refractivity contribution in [2.45, 2.75) is 24.9 Å². The molecule has 3 heterocycles. The number of rotatable bonds is 10. The summed E-state index contributed by atoms with van der Waals surface area (Å²) in [5.41, 5.74) is 1.43. The van der Waals surface area contributed by atoms with Crippen LogP contribution in [0.5, 0.6) is 0 Å². The minimum Gasteiger partial charge on any atom is -0.394 e. The summed E-state index contributed by atoms with van der Waals surface area (Å²) in [6.45, 7) is 3.07. The Balaban J connectivity index is 1.21. The predicted molar refractivity (Wildman–Crippen MR) is 166 cm³/mol. The Bertz CT molecular complexity index is 1780. The van der Waals surface area contributed by atoms with E-state index in [-0.39, 0.29) is 17.7 Å². The molecule has 0 radical (unpaired) electrons. The van der Waals surface area contributed by atoms with Gasteiger partial charge in [-0.25, -0.2) is 13.8 Å². The normalized spacial score (nSPS) is 14.5. The third kappa shape index (κ3) is 7.88. The van der Waals surface area contributed by atoms with Gasteiger partial charge >= 0.3 is 0 Å². The van der Waals surface area contributed by atoms with Crippen molar-refractivity contribution in [3.05, 3.63) is 99.6 Å². The number of nitrogens with one attached hydrogen (secondary N) is 2. The Labute approximate surface area is 259 Å². The predicted octanol–water partition coefficient (Wildman–Crippen LogP) is 2.96. The van der Waals surface area contributed by atoms with Crippen LogP contribution in [-0.2, 0) is 4.74 Å². The summed E-state index contributed by atoms with van der Waals surface area (Å²) in [7, 11) is 1.72. The number of fused-ring (bicyclic) bond motifs is 1. The van der Waals surface area contributed by atoms with Gasteiger partial charge in [0, 0.05) is 44.5 Å². The first-order chi connectivity index (χ1) is 21.9. The van der Waals surface area contributed by atoms with E-state index >= 15 is 0 Å². The van der Waals surface area contributed by atoms with E-state index in [9.17, 15) is 23.5 Å². The zero-order valence-electron chi connectivity index (χ0n) is 24.8. The zero-order valence-corrected chi connectivity index (χ0v) is 24.8. The standard InChI is InChI=1S/C33H34F2N6O4/c1-45-17-16-40-14-10-24(11-15-40)38-31-20-37-28-9-6-22(18-29(28)39-31)4-2-12-36-32(43)25-5-3-13-41(33(25)44)30(21-42)23-7-8-26(34)27(35)19-23/h3,5-9,13,18-20,24,30,42H,10-12,14-17,21H2,1H3,(H,36,43)(H,38,39)/t30-/m0/s1. The first-order valence-electron chi connectivity index (χ1n) is 14.6. The maximum atomic E-state index is 13.8. The van der Waals surface area contributed by atoms with Crippen molar-refractivity contribution in [3.8, 4) is 11.8 Å². The molecule has 4 aromatic rings. The summed E-state index contributed by atoms with van der Waals surface area (Å²) in [6.07, 6.45) is 5.12. The number of carbonyl (C=O) groups excluding carboxylic acids is 1. The Morgan fingerprint density at radius 2 is 1.96 bits per heavy atom. The van der Waals surface area contributed by atoms with Crippen LogP contribution in [0.25, 0.3) is 11.0 Å². The topological polar surface area (TPSA) is 122 Å². The van der Waals surface area contributed by atoms with Gasteiger partial charge in [0.15, 0.2) is 11.6 Å². The zero-order chi connectivity index (χ0) is 31.8. The molecule has 10 nitrogen and oxygen atoms in total. The van der Waals surface area contributed by atoms with Gasteiger partial charge in [0.1, 0.15) is 11.4 Å². The molecule has 5 rings (SSSR count). The maximum absolute atomic E-state index is 13.8. The average Bonchev–Trinajstić information content (AvgIpc) is 3.05. The number of likely N-dealkylation sites (tertiary alicyclic amines) is 1. The van der Waals surface area contributed by atoms with Gasteiger partial charge in [0.25, 0.3) is 11.5 Å². The van der Waals surface area contributed by atoms with Crippen LogP contribution in [0.4, 0.5) is 14.6 Å². The van der Waals surface area contributed by atoms with Gasteiger partial charge in [0.05, 0.1) is 43.0 Å². The molecule has 1 aliphatic heterocycles. The number of benzene rings is 2. The molecule has 1 amide bonds. The third-order valence-corrected chi connectivity index (χ3v) is 7.72. The van der Waals surface area contributed by atoms with Crippen LogP contribution in [0.3, 0.4) is 0 Å². The second kappa shape index (κ2) is 14.9. The highest BCUT2D eigenvalue weighted by atomic mass is 19.2. The van der Waals surface area contributed by atoms with Gasteiger partial charge in [-0.15, -0.1) is 0 Å². The molecular formula is C33H34F2N6O4. The summed E-state index contributed by atoms with van der Waals surface area (Å²) >= 11 is 0. The lowest BCUT2D eigenvalue weighted by molar-refractivity contribution is 0.0956. The lowest BCUT2D eigenvalue weighted by Crippen LogP contribution is -2.40. The van der Waals surface area contributed by atoms with E-state index in [0.29, 0.717) is 22.9 Å². The molecule has 0 spiro atoms.